The molecule has 1 N–H and O–H groups in total. The van der Waals surface area contributed by atoms with Gasteiger partial charge >= 0.3 is 6.09 Å². The maximum absolute atomic E-state index is 10.8. The molecule has 0 spiro atoms. The molecule has 0 bridgehead atoms. The lowest BCUT2D eigenvalue weighted by atomic mass is 10.0. The number of likely N-dealkylation sites (tertiary alicyclic amines) is 1. The van der Waals surface area contributed by atoms with Gasteiger partial charge in [-0.05, 0) is 26.7 Å². The molecule has 1 aliphatic heterocycles. The number of hydrogen-bond donors (Lipinski definition) is 1. The van der Waals surface area contributed by atoms with Crippen molar-refractivity contribution in [1.29, 1.82) is 0 Å². The molecule has 1 heterocycles. The van der Waals surface area contributed by atoms with E-state index in [4.69, 9.17) is 5.11 Å². The van der Waals surface area contributed by atoms with Gasteiger partial charge in [0.2, 0.25) is 0 Å². The zero-order valence-electron chi connectivity index (χ0n) is 7.28. The fourth-order valence-electron chi connectivity index (χ4n) is 1.73. The minimum Gasteiger partial charge on any atom is -0.465 e. The predicted octanol–water partition coefficient (Wildman–Crippen LogP) is 1.11. The van der Waals surface area contributed by atoms with Gasteiger partial charge in [0.25, 0.3) is 0 Å². The lowest BCUT2D eigenvalue weighted by Crippen LogP contribution is -2.46. The molecule has 0 aromatic carbocycles. The van der Waals surface area contributed by atoms with Crippen LogP contribution in [0.15, 0.2) is 0 Å². The molecule has 1 amide bonds. The Morgan fingerprint density at radius 1 is 1.67 bits per heavy atom. The molecule has 1 unspecified atom stereocenters. The average Bonchev–Trinajstić information content (AvgIpc) is 2.24. The molecule has 0 aliphatic carbocycles. The molecule has 1 atom stereocenters. The van der Waals surface area contributed by atoms with E-state index in [0.717, 1.165) is 6.42 Å². The Kier molecular flexibility index (Phi) is 2.08. The van der Waals surface area contributed by atoms with Gasteiger partial charge < -0.3 is 9.90 Å². The minimum absolute atomic E-state index is 0.391. The van der Waals surface area contributed by atoms with Crippen molar-refractivity contribution in [3.8, 4) is 0 Å². The van der Waals surface area contributed by atoms with Crippen molar-refractivity contribution in [3.63, 3.8) is 0 Å². The molecule has 0 aromatic heterocycles. The van der Waals surface area contributed by atoms with Gasteiger partial charge in [-0.2, -0.15) is 0 Å². The second-order valence-electron chi connectivity index (χ2n) is 3.71. The smallest absolute Gasteiger partial charge is 0.408 e. The topological polar surface area (TPSA) is 57.6 Å². The summed E-state index contributed by atoms with van der Waals surface area (Å²) in [7, 11) is 0. The van der Waals surface area contributed by atoms with Crippen LogP contribution < -0.4 is 0 Å². The molecule has 1 saturated heterocycles. The second-order valence-corrected chi connectivity index (χ2v) is 3.71. The average molecular weight is 171 g/mol. The number of rotatable bonds is 1. The van der Waals surface area contributed by atoms with E-state index in [-0.39, 0.29) is 0 Å². The molecular formula is C8H13NO3. The van der Waals surface area contributed by atoms with Gasteiger partial charge in [0.1, 0.15) is 6.29 Å². The minimum atomic E-state index is -1.00. The van der Waals surface area contributed by atoms with E-state index in [1.54, 1.807) is 0 Å². The molecule has 4 heteroatoms. The summed E-state index contributed by atoms with van der Waals surface area (Å²) in [5.41, 5.74) is -0.391. The SMILES string of the molecule is CC1(C)CCC(C=O)N1C(=O)O. The van der Waals surface area contributed by atoms with Crippen LogP contribution in [-0.4, -0.2) is 34.0 Å². The number of amides is 1. The summed E-state index contributed by atoms with van der Waals surface area (Å²) in [6, 6.07) is -0.447. The highest BCUT2D eigenvalue weighted by Gasteiger charge is 2.42. The molecule has 0 aromatic rings. The van der Waals surface area contributed by atoms with Crippen LogP contribution in [0.3, 0.4) is 0 Å². The van der Waals surface area contributed by atoms with E-state index in [1.165, 1.54) is 4.90 Å². The van der Waals surface area contributed by atoms with Gasteiger partial charge in [-0.3, -0.25) is 4.90 Å². The number of nitrogens with zero attached hydrogens (tertiary/aromatic N) is 1. The summed E-state index contributed by atoms with van der Waals surface area (Å²) < 4.78 is 0. The Labute approximate surface area is 71.2 Å². The van der Waals surface area contributed by atoms with Gasteiger partial charge in [-0.15, -0.1) is 0 Å². The Hall–Kier alpha value is -1.06. The van der Waals surface area contributed by atoms with Gasteiger partial charge in [-0.1, -0.05) is 0 Å². The summed E-state index contributed by atoms with van der Waals surface area (Å²) in [4.78, 5) is 22.5. The molecule has 1 rings (SSSR count). The number of aldehydes is 1. The van der Waals surface area contributed by atoms with Crippen LogP contribution in [0.1, 0.15) is 26.7 Å². The molecule has 1 aliphatic rings. The highest BCUT2D eigenvalue weighted by Crippen LogP contribution is 2.32. The van der Waals surface area contributed by atoms with E-state index in [9.17, 15) is 9.59 Å². The van der Waals surface area contributed by atoms with E-state index in [0.29, 0.717) is 12.7 Å². The molecular weight excluding hydrogens is 158 g/mol. The van der Waals surface area contributed by atoms with Crippen LogP contribution in [0, 0.1) is 0 Å². The third-order valence-corrected chi connectivity index (χ3v) is 2.40. The van der Waals surface area contributed by atoms with Gasteiger partial charge in [0.15, 0.2) is 0 Å². The Morgan fingerprint density at radius 2 is 2.25 bits per heavy atom. The fourth-order valence-corrected chi connectivity index (χ4v) is 1.73. The first-order chi connectivity index (χ1) is 5.49. The zero-order chi connectivity index (χ0) is 9.35. The standard InChI is InChI=1S/C8H13NO3/c1-8(2)4-3-6(5-10)9(8)7(11)12/h5-6H,3-4H2,1-2H3,(H,11,12). The van der Waals surface area contributed by atoms with Crippen molar-refractivity contribution >= 4 is 12.4 Å². The zero-order valence-corrected chi connectivity index (χ0v) is 7.28. The number of carbonyl (C=O) groups is 2. The van der Waals surface area contributed by atoms with Gasteiger partial charge in [0.05, 0.1) is 6.04 Å². The fraction of sp³-hybridized carbons (Fsp3) is 0.750. The third-order valence-electron chi connectivity index (χ3n) is 2.40. The summed E-state index contributed by atoms with van der Waals surface area (Å²) in [5, 5.41) is 8.82. The largest absolute Gasteiger partial charge is 0.465 e. The molecule has 12 heavy (non-hydrogen) atoms. The summed E-state index contributed by atoms with van der Waals surface area (Å²) in [6.07, 6.45) is 1.10. The quantitative estimate of drug-likeness (QED) is 0.601. The van der Waals surface area contributed by atoms with Crippen molar-refractivity contribution in [2.75, 3.05) is 0 Å². The second kappa shape index (κ2) is 2.77. The van der Waals surface area contributed by atoms with Crippen LogP contribution in [0.5, 0.6) is 0 Å². The van der Waals surface area contributed by atoms with E-state index in [2.05, 4.69) is 0 Å². The number of carboxylic acid groups (broad SMARTS) is 1. The summed E-state index contributed by atoms with van der Waals surface area (Å²) >= 11 is 0. The van der Waals surface area contributed by atoms with Crippen molar-refractivity contribution in [2.24, 2.45) is 0 Å². The van der Waals surface area contributed by atoms with Crippen LogP contribution in [0.2, 0.25) is 0 Å². The first kappa shape index (κ1) is 9.03. The molecule has 0 saturated carbocycles. The van der Waals surface area contributed by atoms with Crippen LogP contribution >= 0.6 is 0 Å². The number of carbonyl (C=O) groups excluding carboxylic acids is 1. The summed E-state index contributed by atoms with van der Waals surface area (Å²) in [5.74, 6) is 0. The first-order valence-electron chi connectivity index (χ1n) is 3.96. The van der Waals surface area contributed by atoms with E-state index in [1.807, 2.05) is 13.8 Å². The summed E-state index contributed by atoms with van der Waals surface area (Å²) in [6.45, 7) is 3.68. The van der Waals surface area contributed by atoms with E-state index >= 15 is 0 Å². The lowest BCUT2D eigenvalue weighted by Gasteiger charge is -2.31. The Morgan fingerprint density at radius 3 is 2.58 bits per heavy atom. The van der Waals surface area contributed by atoms with E-state index < -0.39 is 17.7 Å². The Bertz CT molecular complexity index is 212. The van der Waals surface area contributed by atoms with Crippen molar-refractivity contribution in [1.82, 2.24) is 4.90 Å². The van der Waals surface area contributed by atoms with Gasteiger partial charge in [-0.25, -0.2) is 4.79 Å². The van der Waals surface area contributed by atoms with Crippen molar-refractivity contribution in [3.05, 3.63) is 0 Å². The monoisotopic (exact) mass is 171 g/mol. The van der Waals surface area contributed by atoms with Gasteiger partial charge in [0, 0.05) is 5.54 Å². The third kappa shape index (κ3) is 1.29. The first-order valence-corrected chi connectivity index (χ1v) is 3.96. The molecule has 4 nitrogen and oxygen atoms in total. The molecule has 68 valence electrons. The molecule has 1 fully saturated rings. The van der Waals surface area contributed by atoms with Crippen molar-refractivity contribution < 1.29 is 14.7 Å². The lowest BCUT2D eigenvalue weighted by molar-refractivity contribution is -0.111. The highest BCUT2D eigenvalue weighted by atomic mass is 16.4. The molecule has 0 radical (unpaired) electrons. The number of hydrogen-bond acceptors (Lipinski definition) is 2. The predicted molar refractivity (Wildman–Crippen MR) is 43.0 cm³/mol. The van der Waals surface area contributed by atoms with Crippen LogP contribution in [-0.2, 0) is 4.79 Å². The van der Waals surface area contributed by atoms with Crippen LogP contribution in [0.4, 0.5) is 4.79 Å². The van der Waals surface area contributed by atoms with Crippen LogP contribution in [0.25, 0.3) is 0 Å². The van der Waals surface area contributed by atoms with Crippen molar-refractivity contribution in [2.45, 2.75) is 38.3 Å². The maximum atomic E-state index is 10.8. The highest BCUT2D eigenvalue weighted by molar-refractivity contribution is 5.73. The normalized spacial score (nSPS) is 27.2. The Balaban J connectivity index is 2.87. The maximum Gasteiger partial charge on any atom is 0.408 e.